The van der Waals surface area contributed by atoms with E-state index in [1.807, 2.05) is 0 Å². The summed E-state index contributed by atoms with van der Waals surface area (Å²) in [6, 6.07) is 0. The van der Waals surface area contributed by atoms with E-state index in [0.29, 0.717) is 0 Å². The molecule has 2 unspecified atom stereocenters. The maximum absolute atomic E-state index is 9.35. The van der Waals surface area contributed by atoms with Crippen molar-refractivity contribution in [3.63, 3.8) is 0 Å². The van der Waals surface area contributed by atoms with Gasteiger partial charge in [-0.3, -0.25) is 0 Å². The topological polar surface area (TPSA) is 20.2 Å². The highest BCUT2D eigenvalue weighted by Crippen LogP contribution is 2.70. The fraction of sp³-hybridized carbons (Fsp3) is 1.00. The Kier molecular flexibility index (Phi) is 0.418. The lowest BCUT2D eigenvalue weighted by atomic mass is 10.1. The Morgan fingerprint density at radius 1 is 1.12 bits per heavy atom. The molecule has 0 saturated heterocycles. The molecule has 1 N–H and O–H groups in total. The van der Waals surface area contributed by atoms with Crippen LogP contribution >= 0.6 is 0 Å². The Hall–Kier alpha value is -0.0400. The highest BCUT2D eigenvalue weighted by atomic mass is 16.3. The smallest absolute Gasteiger partial charge is 0.0602 e. The molecular weight excluding hydrogens is 100 g/mol. The van der Waals surface area contributed by atoms with E-state index in [2.05, 4.69) is 0 Å². The maximum Gasteiger partial charge on any atom is 0.0602 e. The zero-order valence-corrected chi connectivity index (χ0v) is 4.75. The summed E-state index contributed by atoms with van der Waals surface area (Å²) in [6.07, 6.45) is 2.84. The van der Waals surface area contributed by atoms with Gasteiger partial charge in [0.1, 0.15) is 0 Å². The van der Waals surface area contributed by atoms with Crippen LogP contribution in [0.1, 0.15) is 12.8 Å². The minimum Gasteiger partial charge on any atom is -0.393 e. The summed E-state index contributed by atoms with van der Waals surface area (Å²) in [5.41, 5.74) is 0. The van der Waals surface area contributed by atoms with E-state index in [1.165, 1.54) is 12.8 Å². The molecule has 4 rings (SSSR count). The normalized spacial score (nSPS) is 73.9. The second kappa shape index (κ2) is 0.860. The molecular formula is C7H10O. The van der Waals surface area contributed by atoms with Gasteiger partial charge in [-0.15, -0.1) is 0 Å². The van der Waals surface area contributed by atoms with Crippen LogP contribution in [0, 0.1) is 23.7 Å². The van der Waals surface area contributed by atoms with Crippen molar-refractivity contribution in [3.8, 4) is 0 Å². The molecule has 0 amide bonds. The van der Waals surface area contributed by atoms with Gasteiger partial charge >= 0.3 is 0 Å². The summed E-state index contributed by atoms with van der Waals surface area (Å²) < 4.78 is 0. The van der Waals surface area contributed by atoms with Crippen molar-refractivity contribution in [2.45, 2.75) is 18.9 Å². The molecule has 4 fully saturated rings. The first-order valence-corrected chi connectivity index (χ1v) is 3.56. The summed E-state index contributed by atoms with van der Waals surface area (Å²) >= 11 is 0. The van der Waals surface area contributed by atoms with Crippen molar-refractivity contribution >= 4 is 0 Å². The highest BCUT2D eigenvalue weighted by Gasteiger charge is 2.68. The summed E-state index contributed by atoms with van der Waals surface area (Å²) in [4.78, 5) is 0. The summed E-state index contributed by atoms with van der Waals surface area (Å²) in [5.74, 6) is 3.47. The van der Waals surface area contributed by atoms with E-state index in [0.717, 1.165) is 23.7 Å². The van der Waals surface area contributed by atoms with Gasteiger partial charge in [0, 0.05) is 0 Å². The first kappa shape index (κ1) is 3.89. The number of aliphatic hydroxyl groups excluding tert-OH is 1. The predicted octanol–water partition coefficient (Wildman–Crippen LogP) is 0.633. The Bertz CT molecular complexity index is 129. The zero-order chi connectivity index (χ0) is 5.30. The van der Waals surface area contributed by atoms with Crippen molar-refractivity contribution in [2.24, 2.45) is 23.7 Å². The monoisotopic (exact) mass is 110 g/mol. The quantitative estimate of drug-likeness (QED) is 0.485. The average Bonchev–Trinajstić information content (AvgIpc) is 2.23. The number of hydrogen-bond donors (Lipinski definition) is 1. The van der Waals surface area contributed by atoms with Crippen molar-refractivity contribution < 1.29 is 5.11 Å². The molecule has 0 heterocycles. The van der Waals surface area contributed by atoms with Gasteiger partial charge in [-0.2, -0.15) is 0 Å². The van der Waals surface area contributed by atoms with E-state index < -0.39 is 0 Å². The molecule has 0 aliphatic heterocycles. The lowest BCUT2D eigenvalue weighted by molar-refractivity contribution is 0.135. The van der Waals surface area contributed by atoms with Crippen molar-refractivity contribution in [3.05, 3.63) is 0 Å². The standard InChI is InChI=1S/C7H10O/c8-7-3-1-4-5(2-3)6(4)7/h3-8H,1-2H2/t3?,4-,5+,6?,7-/m1/s1. The number of hydrogen-bond acceptors (Lipinski definition) is 1. The van der Waals surface area contributed by atoms with Crippen LogP contribution in [0.4, 0.5) is 0 Å². The van der Waals surface area contributed by atoms with E-state index in [1.54, 1.807) is 0 Å². The Morgan fingerprint density at radius 2 is 1.75 bits per heavy atom. The van der Waals surface area contributed by atoms with Crippen LogP contribution in [0.25, 0.3) is 0 Å². The molecule has 0 aromatic rings. The van der Waals surface area contributed by atoms with Crippen molar-refractivity contribution in [1.82, 2.24) is 0 Å². The van der Waals surface area contributed by atoms with Gasteiger partial charge in [0.25, 0.3) is 0 Å². The molecule has 8 heavy (non-hydrogen) atoms. The van der Waals surface area contributed by atoms with Gasteiger partial charge in [-0.25, -0.2) is 0 Å². The Labute approximate surface area is 48.7 Å². The van der Waals surface area contributed by atoms with Gasteiger partial charge in [0.2, 0.25) is 0 Å². The largest absolute Gasteiger partial charge is 0.393 e. The van der Waals surface area contributed by atoms with E-state index in [9.17, 15) is 5.11 Å². The molecule has 0 radical (unpaired) electrons. The van der Waals surface area contributed by atoms with Gasteiger partial charge in [-0.05, 0) is 36.5 Å². The predicted molar refractivity (Wildman–Crippen MR) is 29.2 cm³/mol. The van der Waals surface area contributed by atoms with E-state index >= 15 is 0 Å². The SMILES string of the molecule is O[C@@H]1C2C[C@@H]3C1[C@@H]3C2. The minimum absolute atomic E-state index is 0.130. The summed E-state index contributed by atoms with van der Waals surface area (Å²) in [5, 5.41) is 9.35. The number of rotatable bonds is 0. The summed E-state index contributed by atoms with van der Waals surface area (Å²) in [6.45, 7) is 0. The third kappa shape index (κ3) is 0.218. The van der Waals surface area contributed by atoms with Crippen LogP contribution in [0.15, 0.2) is 0 Å². The first-order chi connectivity index (χ1) is 3.88. The molecule has 5 atom stereocenters. The molecule has 44 valence electrons. The molecule has 0 spiro atoms. The van der Waals surface area contributed by atoms with Crippen LogP contribution in [-0.4, -0.2) is 11.2 Å². The van der Waals surface area contributed by atoms with Crippen LogP contribution in [0.3, 0.4) is 0 Å². The van der Waals surface area contributed by atoms with Gasteiger partial charge in [-0.1, -0.05) is 0 Å². The second-order valence-corrected chi connectivity index (χ2v) is 3.63. The first-order valence-electron chi connectivity index (χ1n) is 3.56. The number of aliphatic hydroxyl groups is 1. The lowest BCUT2D eigenvalue weighted by Gasteiger charge is -2.03. The maximum atomic E-state index is 9.35. The van der Waals surface area contributed by atoms with Crippen LogP contribution < -0.4 is 0 Å². The molecule has 0 aromatic heterocycles. The van der Waals surface area contributed by atoms with Crippen LogP contribution in [0.2, 0.25) is 0 Å². The van der Waals surface area contributed by atoms with Gasteiger partial charge < -0.3 is 5.11 Å². The molecule has 1 heteroatoms. The van der Waals surface area contributed by atoms with Gasteiger partial charge in [0.05, 0.1) is 6.10 Å². The second-order valence-electron chi connectivity index (χ2n) is 3.63. The zero-order valence-electron chi connectivity index (χ0n) is 4.75. The molecule has 0 aromatic carbocycles. The Morgan fingerprint density at radius 3 is 1.88 bits per heavy atom. The van der Waals surface area contributed by atoms with Gasteiger partial charge in [0.15, 0.2) is 0 Å². The minimum atomic E-state index is 0.130. The van der Waals surface area contributed by atoms with E-state index in [-0.39, 0.29) is 6.10 Å². The van der Waals surface area contributed by atoms with Crippen molar-refractivity contribution in [1.29, 1.82) is 0 Å². The van der Waals surface area contributed by atoms with E-state index in [4.69, 9.17) is 0 Å². The molecule has 4 saturated carbocycles. The molecule has 4 aliphatic carbocycles. The van der Waals surface area contributed by atoms with Crippen LogP contribution in [-0.2, 0) is 0 Å². The fourth-order valence-corrected chi connectivity index (χ4v) is 3.03. The Balaban J connectivity index is 2.10. The lowest BCUT2D eigenvalue weighted by Crippen LogP contribution is -2.09. The third-order valence-corrected chi connectivity index (χ3v) is 3.43. The highest BCUT2D eigenvalue weighted by molar-refractivity contribution is 5.16. The van der Waals surface area contributed by atoms with Crippen LogP contribution in [0.5, 0.6) is 0 Å². The molecule has 4 aliphatic rings. The summed E-state index contributed by atoms with van der Waals surface area (Å²) in [7, 11) is 0. The molecule has 1 nitrogen and oxygen atoms in total. The average molecular weight is 110 g/mol. The van der Waals surface area contributed by atoms with Crippen molar-refractivity contribution in [2.75, 3.05) is 0 Å². The third-order valence-electron chi connectivity index (χ3n) is 3.43. The fourth-order valence-electron chi connectivity index (χ4n) is 3.03. The molecule has 4 bridgehead atoms.